The minimum Gasteiger partial charge on any atom is -0.488 e. The van der Waals surface area contributed by atoms with E-state index in [1.807, 2.05) is 12.3 Å². The summed E-state index contributed by atoms with van der Waals surface area (Å²) >= 11 is 2.65. The standard InChI is InChI=1S/C24H25FN2O6S2/c1-15(11-30-2)32-20-8-16(9-21(10-20)33-19-6-4-17(25)5-7-19)23(29)27-24-26-18(13-35-24)12-34-14-22(28)31-3/h4-10,13,15H,11-12,14H2,1-3H3,(H,26,27,29)/t15-/m0/s1. The molecule has 0 aliphatic carbocycles. The van der Waals surface area contributed by atoms with Crippen molar-refractivity contribution in [2.24, 2.45) is 0 Å². The van der Waals surface area contributed by atoms with E-state index in [2.05, 4.69) is 15.0 Å². The molecular weight excluding hydrogens is 495 g/mol. The number of aromatic nitrogens is 1. The molecule has 0 aliphatic rings. The van der Waals surface area contributed by atoms with Crippen LogP contribution in [-0.4, -0.2) is 49.5 Å². The van der Waals surface area contributed by atoms with Crippen molar-refractivity contribution in [1.29, 1.82) is 0 Å². The highest BCUT2D eigenvalue weighted by Crippen LogP contribution is 2.29. The van der Waals surface area contributed by atoms with Gasteiger partial charge in [-0.15, -0.1) is 23.1 Å². The lowest BCUT2D eigenvalue weighted by Crippen LogP contribution is -2.18. The molecule has 11 heteroatoms. The number of methoxy groups -OCH3 is 2. The molecule has 1 heterocycles. The Morgan fingerprint density at radius 1 is 1.11 bits per heavy atom. The number of thiazole rings is 1. The summed E-state index contributed by atoms with van der Waals surface area (Å²) in [6.45, 7) is 2.20. The number of rotatable bonds is 12. The Labute approximate surface area is 210 Å². The summed E-state index contributed by atoms with van der Waals surface area (Å²) in [6, 6.07) is 10.4. The SMILES string of the molecule is COC[C@H](C)Oc1cc(Oc2ccc(F)cc2)cc(C(=O)Nc2nc(CSCC(=O)OC)cs2)c1. The first-order valence-electron chi connectivity index (χ1n) is 10.5. The monoisotopic (exact) mass is 520 g/mol. The number of hydrogen-bond acceptors (Lipinski definition) is 9. The summed E-state index contributed by atoms with van der Waals surface area (Å²) < 4.78 is 34.7. The van der Waals surface area contributed by atoms with Gasteiger partial charge in [0.25, 0.3) is 5.91 Å². The van der Waals surface area contributed by atoms with E-state index in [0.29, 0.717) is 40.3 Å². The Morgan fingerprint density at radius 3 is 2.57 bits per heavy atom. The largest absolute Gasteiger partial charge is 0.488 e. The number of nitrogens with one attached hydrogen (secondary N) is 1. The normalized spacial score (nSPS) is 11.5. The van der Waals surface area contributed by atoms with Gasteiger partial charge in [-0.25, -0.2) is 9.37 Å². The molecule has 0 spiro atoms. The van der Waals surface area contributed by atoms with Crippen LogP contribution < -0.4 is 14.8 Å². The van der Waals surface area contributed by atoms with Crippen molar-refractivity contribution < 1.29 is 32.9 Å². The van der Waals surface area contributed by atoms with E-state index in [4.69, 9.17) is 14.2 Å². The number of nitrogens with zero attached hydrogens (tertiary/aromatic N) is 1. The fraction of sp³-hybridized carbons (Fsp3) is 0.292. The van der Waals surface area contributed by atoms with Gasteiger partial charge in [-0.1, -0.05) is 0 Å². The summed E-state index contributed by atoms with van der Waals surface area (Å²) in [7, 11) is 2.91. The maximum absolute atomic E-state index is 13.2. The minimum atomic E-state index is -0.401. The molecule has 0 saturated heterocycles. The third-order valence-corrected chi connectivity index (χ3v) is 6.15. The topological polar surface area (TPSA) is 96.0 Å². The fourth-order valence-electron chi connectivity index (χ4n) is 2.87. The molecule has 0 saturated carbocycles. The van der Waals surface area contributed by atoms with Crippen LogP contribution in [0.3, 0.4) is 0 Å². The number of ether oxygens (including phenoxy) is 4. The highest BCUT2D eigenvalue weighted by atomic mass is 32.2. The lowest BCUT2D eigenvalue weighted by Gasteiger charge is -2.16. The van der Waals surface area contributed by atoms with Crippen LogP contribution in [0.1, 0.15) is 23.0 Å². The Kier molecular flexibility index (Phi) is 9.88. The van der Waals surface area contributed by atoms with Crippen molar-refractivity contribution in [3.05, 3.63) is 64.9 Å². The first-order valence-corrected chi connectivity index (χ1v) is 12.5. The van der Waals surface area contributed by atoms with Crippen LogP contribution in [0.4, 0.5) is 9.52 Å². The van der Waals surface area contributed by atoms with Crippen molar-refractivity contribution in [3.63, 3.8) is 0 Å². The maximum Gasteiger partial charge on any atom is 0.315 e. The van der Waals surface area contributed by atoms with Gasteiger partial charge in [-0.2, -0.15) is 0 Å². The van der Waals surface area contributed by atoms with Gasteiger partial charge in [-0.05, 0) is 43.3 Å². The summed E-state index contributed by atoms with van der Waals surface area (Å²) in [4.78, 5) is 28.6. The Bertz CT molecular complexity index is 1140. The van der Waals surface area contributed by atoms with E-state index in [9.17, 15) is 14.0 Å². The van der Waals surface area contributed by atoms with Crippen LogP contribution in [-0.2, 0) is 20.0 Å². The molecule has 3 aromatic rings. The number of carbonyl (C=O) groups excluding carboxylic acids is 2. The molecule has 1 atom stereocenters. The molecule has 0 fully saturated rings. The van der Waals surface area contributed by atoms with E-state index < -0.39 is 5.91 Å². The Hall–Kier alpha value is -3.15. The van der Waals surface area contributed by atoms with Crippen molar-refractivity contribution in [1.82, 2.24) is 4.98 Å². The van der Waals surface area contributed by atoms with Gasteiger partial charge in [0.2, 0.25) is 0 Å². The lowest BCUT2D eigenvalue weighted by molar-refractivity contribution is -0.137. The highest BCUT2D eigenvalue weighted by Gasteiger charge is 2.15. The zero-order valence-corrected chi connectivity index (χ0v) is 21.0. The third kappa shape index (κ3) is 8.53. The zero-order chi connectivity index (χ0) is 25.2. The molecule has 1 amide bonds. The van der Waals surface area contributed by atoms with Gasteiger partial charge in [0.1, 0.15) is 29.2 Å². The van der Waals surface area contributed by atoms with E-state index in [1.165, 1.54) is 54.5 Å². The second-order valence-corrected chi connectivity index (χ2v) is 9.14. The quantitative estimate of drug-likeness (QED) is 0.328. The molecule has 0 unspecified atom stereocenters. The second-order valence-electron chi connectivity index (χ2n) is 7.30. The van der Waals surface area contributed by atoms with Gasteiger partial charge < -0.3 is 18.9 Å². The van der Waals surface area contributed by atoms with Crippen LogP contribution in [0, 0.1) is 5.82 Å². The summed E-state index contributed by atoms with van der Waals surface area (Å²) in [5, 5.41) is 5.01. The van der Waals surface area contributed by atoms with Crippen LogP contribution in [0.15, 0.2) is 47.8 Å². The third-order valence-electron chi connectivity index (χ3n) is 4.40. The molecule has 35 heavy (non-hydrogen) atoms. The smallest absolute Gasteiger partial charge is 0.315 e. The number of esters is 1. The number of halogens is 1. The lowest BCUT2D eigenvalue weighted by atomic mass is 10.2. The number of anilines is 1. The van der Waals surface area contributed by atoms with Crippen molar-refractivity contribution in [2.45, 2.75) is 18.8 Å². The van der Waals surface area contributed by atoms with Crippen LogP contribution in [0.2, 0.25) is 0 Å². The predicted molar refractivity (Wildman–Crippen MR) is 133 cm³/mol. The molecule has 1 aromatic heterocycles. The van der Waals surface area contributed by atoms with Crippen LogP contribution in [0.5, 0.6) is 17.2 Å². The molecule has 0 aliphatic heterocycles. The fourth-order valence-corrected chi connectivity index (χ4v) is 4.42. The zero-order valence-electron chi connectivity index (χ0n) is 19.4. The average Bonchev–Trinajstić information content (AvgIpc) is 3.27. The summed E-state index contributed by atoms with van der Waals surface area (Å²) in [6.07, 6.45) is -0.263. The molecule has 2 aromatic carbocycles. The molecule has 186 valence electrons. The van der Waals surface area contributed by atoms with Crippen LogP contribution >= 0.6 is 23.1 Å². The molecule has 8 nitrogen and oxygen atoms in total. The first kappa shape index (κ1) is 26.5. The summed E-state index contributed by atoms with van der Waals surface area (Å²) in [5.74, 6) is 0.823. The van der Waals surface area contributed by atoms with E-state index in [0.717, 1.165) is 5.69 Å². The van der Waals surface area contributed by atoms with Gasteiger partial charge in [0.15, 0.2) is 5.13 Å². The van der Waals surface area contributed by atoms with Crippen molar-refractivity contribution >= 4 is 40.1 Å². The second kappa shape index (κ2) is 13.1. The molecular formula is C24H25FN2O6S2. The number of carbonyl (C=O) groups is 2. The van der Waals surface area contributed by atoms with Crippen molar-refractivity contribution in [2.75, 3.05) is 31.9 Å². The highest BCUT2D eigenvalue weighted by molar-refractivity contribution is 7.99. The number of benzene rings is 2. The number of thioether (sulfide) groups is 1. The molecule has 3 rings (SSSR count). The predicted octanol–water partition coefficient (Wildman–Crippen LogP) is 5.15. The summed E-state index contributed by atoms with van der Waals surface area (Å²) in [5.41, 5.74) is 1.03. The van der Waals surface area contributed by atoms with E-state index >= 15 is 0 Å². The Balaban J connectivity index is 1.74. The number of amides is 1. The molecule has 0 radical (unpaired) electrons. The number of hydrogen-bond donors (Lipinski definition) is 1. The molecule has 1 N–H and O–H groups in total. The van der Waals surface area contributed by atoms with Gasteiger partial charge in [0.05, 0.1) is 25.2 Å². The van der Waals surface area contributed by atoms with E-state index in [-0.39, 0.29) is 23.6 Å². The van der Waals surface area contributed by atoms with Crippen molar-refractivity contribution in [3.8, 4) is 17.2 Å². The van der Waals surface area contributed by atoms with Gasteiger partial charge in [-0.3, -0.25) is 14.9 Å². The Morgan fingerprint density at radius 2 is 1.86 bits per heavy atom. The first-order chi connectivity index (χ1) is 16.9. The van der Waals surface area contributed by atoms with Gasteiger partial charge >= 0.3 is 5.97 Å². The average molecular weight is 521 g/mol. The molecule has 0 bridgehead atoms. The van der Waals surface area contributed by atoms with Crippen LogP contribution in [0.25, 0.3) is 0 Å². The van der Waals surface area contributed by atoms with Gasteiger partial charge in [0, 0.05) is 29.9 Å². The van der Waals surface area contributed by atoms with E-state index in [1.54, 1.807) is 25.3 Å². The maximum atomic E-state index is 13.2. The minimum absolute atomic E-state index is 0.223.